The number of carbonyl (C=O) groups is 1. The van der Waals surface area contributed by atoms with Gasteiger partial charge in [0.15, 0.2) is 0 Å². The molecule has 1 unspecified atom stereocenters. The Labute approximate surface area is 97.0 Å². The van der Waals surface area contributed by atoms with Crippen molar-refractivity contribution in [3.05, 3.63) is 15.5 Å². The van der Waals surface area contributed by atoms with Gasteiger partial charge in [-0.25, -0.2) is 4.98 Å². The monoisotopic (exact) mass is 245 g/mol. The van der Waals surface area contributed by atoms with Crippen LogP contribution in [-0.2, 0) is 11.3 Å². The molecule has 2 rings (SSSR count). The minimum absolute atomic E-state index is 0.0820. The Balaban J connectivity index is 1.84. The highest BCUT2D eigenvalue weighted by molar-refractivity contribution is 7.15. The van der Waals surface area contributed by atoms with Crippen molar-refractivity contribution in [1.82, 2.24) is 15.6 Å². The Hall–Kier alpha value is -0.650. The van der Waals surface area contributed by atoms with Crippen LogP contribution in [0.15, 0.2) is 6.20 Å². The number of carbonyl (C=O) groups excluding carboxylic acids is 1. The first kappa shape index (κ1) is 10.9. The molecule has 1 saturated heterocycles. The number of nitrogens with zero attached hydrogens (tertiary/aromatic N) is 1. The van der Waals surface area contributed by atoms with E-state index in [9.17, 15) is 4.79 Å². The maximum absolute atomic E-state index is 11.4. The third-order valence-corrected chi connectivity index (χ3v) is 3.43. The standard InChI is InChI=1S/C9H12ClN3OS/c10-7-4-13-8(15-7)5-12-6-2-1-3-11-9(6)14/h4,6,12H,1-3,5H2,(H,11,14). The van der Waals surface area contributed by atoms with Gasteiger partial charge < -0.3 is 5.32 Å². The van der Waals surface area contributed by atoms with Gasteiger partial charge in [-0.2, -0.15) is 0 Å². The number of nitrogens with one attached hydrogen (secondary N) is 2. The Kier molecular flexibility index (Phi) is 3.56. The molecule has 2 heterocycles. The number of amides is 1. The van der Waals surface area contributed by atoms with Gasteiger partial charge in [0.05, 0.1) is 12.2 Å². The zero-order valence-corrected chi connectivity index (χ0v) is 9.70. The highest BCUT2D eigenvalue weighted by Gasteiger charge is 2.21. The van der Waals surface area contributed by atoms with Crippen LogP contribution in [0.25, 0.3) is 0 Å². The summed E-state index contributed by atoms with van der Waals surface area (Å²) in [6.45, 7) is 1.40. The van der Waals surface area contributed by atoms with Crippen LogP contribution < -0.4 is 10.6 Å². The molecule has 0 bridgehead atoms. The summed E-state index contributed by atoms with van der Waals surface area (Å²) >= 11 is 7.20. The summed E-state index contributed by atoms with van der Waals surface area (Å²) in [6.07, 6.45) is 3.55. The Bertz CT molecular complexity index is 355. The van der Waals surface area contributed by atoms with Gasteiger partial charge >= 0.3 is 0 Å². The maximum Gasteiger partial charge on any atom is 0.237 e. The number of rotatable bonds is 3. The molecule has 1 atom stereocenters. The molecule has 0 radical (unpaired) electrons. The van der Waals surface area contributed by atoms with E-state index in [2.05, 4.69) is 15.6 Å². The first-order chi connectivity index (χ1) is 7.25. The first-order valence-electron chi connectivity index (χ1n) is 4.87. The molecule has 1 fully saturated rings. The number of hydrogen-bond acceptors (Lipinski definition) is 4. The summed E-state index contributed by atoms with van der Waals surface area (Å²) < 4.78 is 0.680. The highest BCUT2D eigenvalue weighted by Crippen LogP contribution is 2.18. The lowest BCUT2D eigenvalue weighted by Crippen LogP contribution is -2.47. The average molecular weight is 246 g/mol. The van der Waals surface area contributed by atoms with E-state index in [-0.39, 0.29) is 11.9 Å². The quantitative estimate of drug-likeness (QED) is 0.841. The molecule has 0 aliphatic carbocycles. The van der Waals surface area contributed by atoms with Gasteiger partial charge in [-0.3, -0.25) is 10.1 Å². The molecule has 6 heteroatoms. The number of hydrogen-bond donors (Lipinski definition) is 2. The minimum atomic E-state index is -0.0820. The summed E-state index contributed by atoms with van der Waals surface area (Å²) in [5, 5.41) is 6.92. The maximum atomic E-state index is 11.4. The van der Waals surface area contributed by atoms with Crippen molar-refractivity contribution in [3.63, 3.8) is 0 Å². The van der Waals surface area contributed by atoms with Crippen molar-refractivity contribution in [1.29, 1.82) is 0 Å². The van der Waals surface area contributed by atoms with E-state index in [1.807, 2.05) is 0 Å². The molecule has 1 aromatic rings. The third-order valence-electron chi connectivity index (χ3n) is 2.31. The average Bonchev–Trinajstić information content (AvgIpc) is 2.63. The van der Waals surface area contributed by atoms with E-state index in [0.717, 1.165) is 24.4 Å². The second-order valence-electron chi connectivity index (χ2n) is 3.42. The molecule has 0 spiro atoms. The summed E-state index contributed by atoms with van der Waals surface area (Å²) in [5.41, 5.74) is 0. The molecule has 15 heavy (non-hydrogen) atoms. The Morgan fingerprint density at radius 2 is 2.60 bits per heavy atom. The van der Waals surface area contributed by atoms with E-state index in [1.54, 1.807) is 6.20 Å². The fraction of sp³-hybridized carbons (Fsp3) is 0.556. The normalized spacial score (nSPS) is 21.4. The predicted molar refractivity (Wildman–Crippen MR) is 60.0 cm³/mol. The smallest absolute Gasteiger partial charge is 0.237 e. The van der Waals surface area contributed by atoms with Crippen molar-refractivity contribution in [2.45, 2.75) is 25.4 Å². The highest BCUT2D eigenvalue weighted by atomic mass is 35.5. The lowest BCUT2D eigenvalue weighted by molar-refractivity contribution is -0.124. The van der Waals surface area contributed by atoms with Crippen molar-refractivity contribution in [3.8, 4) is 0 Å². The van der Waals surface area contributed by atoms with E-state index in [4.69, 9.17) is 11.6 Å². The van der Waals surface area contributed by atoms with Crippen molar-refractivity contribution in [2.24, 2.45) is 0 Å². The van der Waals surface area contributed by atoms with Crippen LogP contribution in [0.1, 0.15) is 17.8 Å². The number of aromatic nitrogens is 1. The second kappa shape index (κ2) is 4.92. The summed E-state index contributed by atoms with van der Waals surface area (Å²) in [4.78, 5) is 15.5. The lowest BCUT2D eigenvalue weighted by Gasteiger charge is -2.22. The van der Waals surface area contributed by atoms with Crippen LogP contribution in [0, 0.1) is 0 Å². The number of halogens is 1. The molecule has 1 aromatic heterocycles. The van der Waals surface area contributed by atoms with E-state index >= 15 is 0 Å². The van der Waals surface area contributed by atoms with Gasteiger partial charge in [0.1, 0.15) is 9.34 Å². The van der Waals surface area contributed by atoms with Crippen LogP contribution in [0.2, 0.25) is 4.34 Å². The Morgan fingerprint density at radius 3 is 3.27 bits per heavy atom. The predicted octanol–water partition coefficient (Wildman–Crippen LogP) is 1.16. The number of piperidine rings is 1. The molecule has 2 N–H and O–H groups in total. The molecular weight excluding hydrogens is 234 g/mol. The minimum Gasteiger partial charge on any atom is -0.355 e. The Morgan fingerprint density at radius 1 is 1.73 bits per heavy atom. The van der Waals surface area contributed by atoms with Crippen LogP contribution >= 0.6 is 22.9 Å². The fourth-order valence-corrected chi connectivity index (χ4v) is 2.45. The molecule has 1 amide bonds. The molecule has 0 saturated carbocycles. The van der Waals surface area contributed by atoms with Gasteiger partial charge in [-0.15, -0.1) is 11.3 Å². The van der Waals surface area contributed by atoms with Gasteiger partial charge in [0, 0.05) is 13.1 Å². The molecule has 0 aromatic carbocycles. The first-order valence-corrected chi connectivity index (χ1v) is 6.06. The largest absolute Gasteiger partial charge is 0.355 e. The fourth-order valence-electron chi connectivity index (χ4n) is 1.55. The second-order valence-corrected chi connectivity index (χ2v) is 5.17. The molecule has 1 aliphatic rings. The van der Waals surface area contributed by atoms with Crippen LogP contribution in [0.4, 0.5) is 0 Å². The number of thiazole rings is 1. The van der Waals surface area contributed by atoms with E-state index in [0.29, 0.717) is 10.9 Å². The molecule has 4 nitrogen and oxygen atoms in total. The summed E-state index contributed by atoms with van der Waals surface area (Å²) in [5.74, 6) is 0.0869. The van der Waals surface area contributed by atoms with Crippen LogP contribution in [0.5, 0.6) is 0 Å². The van der Waals surface area contributed by atoms with Crippen molar-refractivity contribution in [2.75, 3.05) is 6.54 Å². The summed E-state index contributed by atoms with van der Waals surface area (Å²) in [7, 11) is 0. The zero-order valence-electron chi connectivity index (χ0n) is 8.12. The van der Waals surface area contributed by atoms with Crippen molar-refractivity contribution < 1.29 is 4.79 Å². The van der Waals surface area contributed by atoms with Gasteiger partial charge in [-0.05, 0) is 12.8 Å². The molecule has 82 valence electrons. The van der Waals surface area contributed by atoms with Gasteiger partial charge in [0.2, 0.25) is 5.91 Å². The van der Waals surface area contributed by atoms with Gasteiger partial charge in [-0.1, -0.05) is 11.6 Å². The van der Waals surface area contributed by atoms with Gasteiger partial charge in [0.25, 0.3) is 0 Å². The lowest BCUT2D eigenvalue weighted by atomic mass is 10.1. The van der Waals surface area contributed by atoms with E-state index in [1.165, 1.54) is 11.3 Å². The van der Waals surface area contributed by atoms with Crippen LogP contribution in [-0.4, -0.2) is 23.5 Å². The third kappa shape index (κ3) is 2.90. The van der Waals surface area contributed by atoms with E-state index < -0.39 is 0 Å². The van der Waals surface area contributed by atoms with Crippen molar-refractivity contribution >= 4 is 28.8 Å². The SMILES string of the molecule is O=C1NCCCC1NCc1ncc(Cl)s1. The molecular formula is C9H12ClN3OS. The zero-order chi connectivity index (χ0) is 10.7. The van der Waals surface area contributed by atoms with Crippen LogP contribution in [0.3, 0.4) is 0 Å². The molecule has 1 aliphatic heterocycles. The topological polar surface area (TPSA) is 54.0 Å². The summed E-state index contributed by atoms with van der Waals surface area (Å²) in [6, 6.07) is -0.0820.